The fourth-order valence-electron chi connectivity index (χ4n) is 1.75. The van der Waals surface area contributed by atoms with Gasteiger partial charge in [0.05, 0.1) is 0 Å². The zero-order chi connectivity index (χ0) is 11.5. The molecular weight excluding hydrogens is 238 g/mol. The Hall–Kier alpha value is -1.75. The van der Waals surface area contributed by atoms with Crippen LogP contribution in [0.25, 0.3) is 0 Å². The Labute approximate surface area is 107 Å². The van der Waals surface area contributed by atoms with Gasteiger partial charge in [0.15, 0.2) is 6.17 Å². The highest BCUT2D eigenvalue weighted by Gasteiger charge is 2.23. The van der Waals surface area contributed by atoms with Crippen LogP contribution in [0.5, 0.6) is 0 Å². The van der Waals surface area contributed by atoms with Gasteiger partial charge < -0.3 is 16.4 Å². The van der Waals surface area contributed by atoms with Gasteiger partial charge in [0, 0.05) is 6.54 Å². The Morgan fingerprint density at radius 3 is 2.47 bits per heavy atom. The van der Waals surface area contributed by atoms with Crippen molar-refractivity contribution in [3.05, 3.63) is 35.9 Å². The molecule has 0 saturated carbocycles. The standard InChI is InChI=1S/C11H15N5.ClH/c1-2-16-9(8-6-4-3-5-7-8)14-10(12)15-11(16)13;/h3-7,9H,2H2,1H3,(H4,12,13,14,15);1H. The molecule has 0 radical (unpaired) electrons. The smallest absolute Gasteiger partial charge is 0.220 e. The van der Waals surface area contributed by atoms with Gasteiger partial charge in [-0.1, -0.05) is 30.3 Å². The lowest BCUT2D eigenvalue weighted by Crippen LogP contribution is -2.43. The van der Waals surface area contributed by atoms with Crippen molar-refractivity contribution in [3.63, 3.8) is 0 Å². The molecule has 0 fully saturated rings. The summed E-state index contributed by atoms with van der Waals surface area (Å²) in [5.41, 5.74) is 12.5. The van der Waals surface area contributed by atoms with E-state index in [0.29, 0.717) is 5.96 Å². The fraction of sp³-hybridized carbons (Fsp3) is 0.273. The molecule has 1 aliphatic rings. The van der Waals surface area contributed by atoms with E-state index in [2.05, 4.69) is 9.98 Å². The summed E-state index contributed by atoms with van der Waals surface area (Å²) in [4.78, 5) is 10.2. The molecule has 17 heavy (non-hydrogen) atoms. The van der Waals surface area contributed by atoms with E-state index in [1.165, 1.54) is 0 Å². The number of hydrogen-bond acceptors (Lipinski definition) is 5. The van der Waals surface area contributed by atoms with E-state index in [-0.39, 0.29) is 24.5 Å². The van der Waals surface area contributed by atoms with Crippen LogP contribution in [0.2, 0.25) is 0 Å². The lowest BCUT2D eigenvalue weighted by molar-refractivity contribution is 0.331. The number of guanidine groups is 2. The quantitative estimate of drug-likeness (QED) is 0.828. The van der Waals surface area contributed by atoms with Gasteiger partial charge in [-0.3, -0.25) is 0 Å². The van der Waals surface area contributed by atoms with Gasteiger partial charge in [-0.25, -0.2) is 4.99 Å². The van der Waals surface area contributed by atoms with Crippen molar-refractivity contribution in [1.82, 2.24) is 4.90 Å². The Balaban J connectivity index is 0.00000144. The minimum absolute atomic E-state index is 0. The highest BCUT2D eigenvalue weighted by molar-refractivity contribution is 5.95. The summed E-state index contributed by atoms with van der Waals surface area (Å²) < 4.78 is 0. The van der Waals surface area contributed by atoms with Gasteiger partial charge in [-0.2, -0.15) is 4.99 Å². The second kappa shape index (κ2) is 5.54. The molecule has 0 spiro atoms. The summed E-state index contributed by atoms with van der Waals surface area (Å²) in [6.45, 7) is 2.75. The second-order valence-electron chi connectivity index (χ2n) is 3.53. The van der Waals surface area contributed by atoms with Crippen LogP contribution in [0.3, 0.4) is 0 Å². The monoisotopic (exact) mass is 253 g/mol. The summed E-state index contributed by atoms with van der Waals surface area (Å²) in [5.74, 6) is 0.653. The highest BCUT2D eigenvalue weighted by atomic mass is 35.5. The maximum absolute atomic E-state index is 5.82. The van der Waals surface area contributed by atoms with Crippen LogP contribution < -0.4 is 11.5 Å². The Morgan fingerprint density at radius 2 is 1.88 bits per heavy atom. The van der Waals surface area contributed by atoms with Gasteiger partial charge >= 0.3 is 0 Å². The molecule has 0 amide bonds. The largest absolute Gasteiger partial charge is 0.369 e. The number of benzene rings is 1. The average Bonchev–Trinajstić information content (AvgIpc) is 2.29. The first-order valence-corrected chi connectivity index (χ1v) is 5.21. The predicted molar refractivity (Wildman–Crippen MR) is 72.1 cm³/mol. The van der Waals surface area contributed by atoms with Gasteiger partial charge in [0.1, 0.15) is 0 Å². The first-order valence-electron chi connectivity index (χ1n) is 5.21. The molecule has 92 valence electrons. The lowest BCUT2D eigenvalue weighted by atomic mass is 10.1. The van der Waals surface area contributed by atoms with Gasteiger partial charge in [0.25, 0.3) is 0 Å². The zero-order valence-corrected chi connectivity index (χ0v) is 10.4. The molecule has 6 heteroatoms. The van der Waals surface area contributed by atoms with Crippen molar-refractivity contribution in [2.45, 2.75) is 13.1 Å². The zero-order valence-electron chi connectivity index (χ0n) is 9.58. The van der Waals surface area contributed by atoms with Crippen LogP contribution >= 0.6 is 12.4 Å². The minimum Gasteiger partial charge on any atom is -0.369 e. The maximum Gasteiger partial charge on any atom is 0.220 e. The molecule has 4 N–H and O–H groups in total. The first kappa shape index (κ1) is 13.3. The van der Waals surface area contributed by atoms with Crippen LogP contribution in [0, 0.1) is 0 Å². The van der Waals surface area contributed by atoms with Crippen molar-refractivity contribution < 1.29 is 0 Å². The molecule has 0 saturated heterocycles. The molecule has 0 aliphatic carbocycles. The lowest BCUT2D eigenvalue weighted by Gasteiger charge is -2.31. The SMILES string of the molecule is CCN1C(N)=NC(N)=NC1c1ccccc1.Cl. The number of hydrogen-bond donors (Lipinski definition) is 2. The van der Waals surface area contributed by atoms with Crippen molar-refractivity contribution in [3.8, 4) is 0 Å². The molecular formula is C11H16ClN5. The van der Waals surface area contributed by atoms with Gasteiger partial charge in [0.2, 0.25) is 11.9 Å². The first-order chi connectivity index (χ1) is 7.72. The van der Waals surface area contributed by atoms with Crippen LogP contribution in [0.4, 0.5) is 0 Å². The molecule has 1 unspecified atom stereocenters. The molecule has 0 aromatic heterocycles. The predicted octanol–water partition coefficient (Wildman–Crippen LogP) is 1.07. The summed E-state index contributed by atoms with van der Waals surface area (Å²) in [7, 11) is 0. The molecule has 5 nitrogen and oxygen atoms in total. The molecule has 2 rings (SSSR count). The van der Waals surface area contributed by atoms with E-state index < -0.39 is 0 Å². The second-order valence-corrected chi connectivity index (χ2v) is 3.53. The van der Waals surface area contributed by atoms with Crippen LogP contribution in [-0.4, -0.2) is 23.4 Å². The van der Waals surface area contributed by atoms with Gasteiger partial charge in [-0.05, 0) is 12.5 Å². The maximum atomic E-state index is 5.82. The summed E-state index contributed by atoms with van der Waals surface area (Å²) in [6, 6.07) is 9.91. The van der Waals surface area contributed by atoms with Crippen molar-refractivity contribution >= 4 is 24.3 Å². The van der Waals surface area contributed by atoms with Crippen LogP contribution in [-0.2, 0) is 0 Å². The number of halogens is 1. The molecule has 1 atom stereocenters. The third kappa shape index (κ3) is 2.68. The summed E-state index contributed by atoms with van der Waals surface area (Å²) in [6.07, 6.45) is -0.163. The number of rotatable bonds is 2. The number of nitrogens with two attached hydrogens (primary N) is 2. The van der Waals surface area contributed by atoms with Crippen molar-refractivity contribution in [2.75, 3.05) is 6.54 Å². The van der Waals surface area contributed by atoms with Crippen molar-refractivity contribution in [1.29, 1.82) is 0 Å². The highest BCUT2D eigenvalue weighted by Crippen LogP contribution is 2.23. The van der Waals surface area contributed by atoms with E-state index in [1.54, 1.807) is 0 Å². The third-order valence-electron chi connectivity index (χ3n) is 2.51. The summed E-state index contributed by atoms with van der Waals surface area (Å²) in [5, 5.41) is 0. The Kier molecular flexibility index (Phi) is 4.34. The van der Waals surface area contributed by atoms with Gasteiger partial charge in [-0.15, -0.1) is 12.4 Å². The molecule has 0 bridgehead atoms. The minimum atomic E-state index is -0.163. The number of nitrogens with zero attached hydrogens (tertiary/aromatic N) is 3. The van der Waals surface area contributed by atoms with E-state index in [1.807, 2.05) is 42.2 Å². The fourth-order valence-corrected chi connectivity index (χ4v) is 1.75. The molecule has 1 aromatic rings. The number of aliphatic imine (C=N–C) groups is 2. The topological polar surface area (TPSA) is 80.0 Å². The van der Waals surface area contributed by atoms with E-state index in [0.717, 1.165) is 12.1 Å². The van der Waals surface area contributed by atoms with Crippen LogP contribution in [0.15, 0.2) is 40.3 Å². The normalized spacial score (nSPS) is 19.1. The molecule has 1 aromatic carbocycles. The van der Waals surface area contributed by atoms with E-state index in [4.69, 9.17) is 11.5 Å². The third-order valence-corrected chi connectivity index (χ3v) is 2.51. The van der Waals surface area contributed by atoms with Crippen LogP contribution in [0.1, 0.15) is 18.7 Å². The Morgan fingerprint density at radius 1 is 1.24 bits per heavy atom. The summed E-state index contributed by atoms with van der Waals surface area (Å²) >= 11 is 0. The average molecular weight is 254 g/mol. The van der Waals surface area contributed by atoms with E-state index in [9.17, 15) is 0 Å². The van der Waals surface area contributed by atoms with E-state index >= 15 is 0 Å². The Bertz CT molecular complexity index is 429. The molecule has 1 heterocycles. The van der Waals surface area contributed by atoms with Crippen molar-refractivity contribution in [2.24, 2.45) is 21.5 Å². The molecule has 1 aliphatic heterocycles.